The van der Waals surface area contributed by atoms with Gasteiger partial charge in [0.1, 0.15) is 6.54 Å². The van der Waals surface area contributed by atoms with Crippen molar-refractivity contribution in [2.75, 3.05) is 24.5 Å². The number of fused-ring (bicyclic) bond motifs is 1. The van der Waals surface area contributed by atoms with Gasteiger partial charge in [0.15, 0.2) is 0 Å². The van der Waals surface area contributed by atoms with Crippen molar-refractivity contribution in [2.24, 2.45) is 0 Å². The number of anilines is 1. The highest BCUT2D eigenvalue weighted by Gasteiger charge is 2.33. The van der Waals surface area contributed by atoms with Crippen molar-refractivity contribution in [3.05, 3.63) is 65.2 Å². The van der Waals surface area contributed by atoms with Gasteiger partial charge in [0.2, 0.25) is 11.8 Å². The third-order valence-corrected chi connectivity index (χ3v) is 5.24. The second-order valence-corrected chi connectivity index (χ2v) is 6.96. The van der Waals surface area contributed by atoms with Crippen LogP contribution in [-0.4, -0.2) is 42.3 Å². The minimum Gasteiger partial charge on any atom is -0.345 e. The summed E-state index contributed by atoms with van der Waals surface area (Å²) in [4.78, 5) is 40.7. The lowest BCUT2D eigenvalue weighted by atomic mass is 10.0. The fourth-order valence-electron chi connectivity index (χ4n) is 3.79. The van der Waals surface area contributed by atoms with E-state index in [0.29, 0.717) is 18.7 Å². The molecule has 2 aromatic rings. The molecule has 138 valence electrons. The Kier molecular flexibility index (Phi) is 4.39. The summed E-state index contributed by atoms with van der Waals surface area (Å²) in [6, 6.07) is 14.7. The monoisotopic (exact) mass is 363 g/mol. The van der Waals surface area contributed by atoms with Crippen molar-refractivity contribution in [3.63, 3.8) is 0 Å². The number of nitrogens with one attached hydrogen (secondary N) is 1. The zero-order chi connectivity index (χ0) is 19.0. The molecule has 0 aromatic heterocycles. The summed E-state index contributed by atoms with van der Waals surface area (Å²) in [5.74, 6) is -0.349. The highest BCUT2D eigenvalue weighted by Crippen LogP contribution is 2.28. The van der Waals surface area contributed by atoms with Crippen molar-refractivity contribution < 1.29 is 14.4 Å². The van der Waals surface area contributed by atoms with Gasteiger partial charge >= 0.3 is 0 Å². The van der Waals surface area contributed by atoms with Gasteiger partial charge in [-0.1, -0.05) is 36.4 Å². The first kappa shape index (κ1) is 17.3. The molecule has 0 unspecified atom stereocenters. The van der Waals surface area contributed by atoms with Crippen LogP contribution in [0, 0.1) is 6.92 Å². The highest BCUT2D eigenvalue weighted by molar-refractivity contribution is 6.01. The third-order valence-electron chi connectivity index (χ3n) is 5.24. The molecule has 1 saturated heterocycles. The Hall–Kier alpha value is -3.15. The van der Waals surface area contributed by atoms with Crippen LogP contribution in [0.15, 0.2) is 48.5 Å². The maximum atomic E-state index is 12.7. The van der Waals surface area contributed by atoms with Crippen molar-refractivity contribution in [1.29, 1.82) is 0 Å². The lowest BCUT2D eigenvalue weighted by molar-refractivity contribution is -0.137. The molecular formula is C21H21N3O3. The van der Waals surface area contributed by atoms with E-state index in [-0.39, 0.29) is 36.7 Å². The number of amides is 3. The first-order valence-corrected chi connectivity index (χ1v) is 9.08. The van der Waals surface area contributed by atoms with Crippen LogP contribution in [0.25, 0.3) is 0 Å². The first-order valence-electron chi connectivity index (χ1n) is 9.08. The van der Waals surface area contributed by atoms with Gasteiger partial charge in [-0.25, -0.2) is 0 Å². The van der Waals surface area contributed by atoms with E-state index in [1.807, 2.05) is 49.4 Å². The maximum Gasteiger partial charge on any atom is 0.252 e. The predicted octanol–water partition coefficient (Wildman–Crippen LogP) is 2.05. The smallest absolute Gasteiger partial charge is 0.252 e. The molecule has 2 aromatic carbocycles. The van der Waals surface area contributed by atoms with Gasteiger partial charge in [-0.05, 0) is 30.2 Å². The van der Waals surface area contributed by atoms with Gasteiger partial charge in [0.05, 0.1) is 12.5 Å². The highest BCUT2D eigenvalue weighted by atomic mass is 16.2. The minimum atomic E-state index is -0.328. The van der Waals surface area contributed by atoms with Crippen LogP contribution >= 0.6 is 0 Å². The molecule has 0 bridgehead atoms. The molecule has 2 aliphatic heterocycles. The van der Waals surface area contributed by atoms with Crippen molar-refractivity contribution in [2.45, 2.75) is 19.4 Å². The van der Waals surface area contributed by atoms with Crippen LogP contribution in [0.3, 0.4) is 0 Å². The Balaban J connectivity index is 1.43. The summed E-state index contributed by atoms with van der Waals surface area (Å²) in [5, 5.41) is 2.86. The molecule has 0 radical (unpaired) electrons. The SMILES string of the molecule is Cc1ccccc1N1CCN(C(=O)C[C@@H]2NC(=O)c3ccccc32)CC1=O. The number of rotatable bonds is 3. The Labute approximate surface area is 157 Å². The summed E-state index contributed by atoms with van der Waals surface area (Å²) < 4.78 is 0. The zero-order valence-electron chi connectivity index (χ0n) is 15.1. The van der Waals surface area contributed by atoms with E-state index >= 15 is 0 Å². The average molecular weight is 363 g/mol. The number of hydrogen-bond acceptors (Lipinski definition) is 3. The molecule has 0 spiro atoms. The third kappa shape index (κ3) is 3.18. The van der Waals surface area contributed by atoms with Crippen LogP contribution in [0.1, 0.15) is 33.9 Å². The number of carbonyl (C=O) groups excluding carboxylic acids is 3. The normalized spacial score (nSPS) is 19.1. The minimum absolute atomic E-state index is 0.0650. The molecule has 1 atom stereocenters. The van der Waals surface area contributed by atoms with Gasteiger partial charge in [-0.3, -0.25) is 14.4 Å². The topological polar surface area (TPSA) is 69.7 Å². The number of hydrogen-bond donors (Lipinski definition) is 1. The second kappa shape index (κ2) is 6.87. The van der Waals surface area contributed by atoms with E-state index in [1.165, 1.54) is 0 Å². The van der Waals surface area contributed by atoms with E-state index in [9.17, 15) is 14.4 Å². The van der Waals surface area contributed by atoms with Crippen LogP contribution in [0.2, 0.25) is 0 Å². The van der Waals surface area contributed by atoms with E-state index in [4.69, 9.17) is 0 Å². The summed E-state index contributed by atoms with van der Waals surface area (Å²) >= 11 is 0. The molecule has 4 rings (SSSR count). The summed E-state index contributed by atoms with van der Waals surface area (Å²) in [5.41, 5.74) is 3.40. The second-order valence-electron chi connectivity index (χ2n) is 6.96. The molecule has 27 heavy (non-hydrogen) atoms. The van der Waals surface area contributed by atoms with Crippen LogP contribution < -0.4 is 10.2 Å². The Bertz CT molecular complexity index is 924. The van der Waals surface area contributed by atoms with E-state index in [2.05, 4.69) is 5.32 Å². The lowest BCUT2D eigenvalue weighted by Gasteiger charge is -2.35. The predicted molar refractivity (Wildman–Crippen MR) is 101 cm³/mol. The van der Waals surface area contributed by atoms with Crippen molar-refractivity contribution in [3.8, 4) is 0 Å². The molecule has 0 aliphatic carbocycles. The van der Waals surface area contributed by atoms with Gasteiger partial charge in [-0.15, -0.1) is 0 Å². The lowest BCUT2D eigenvalue weighted by Crippen LogP contribution is -2.53. The Morgan fingerprint density at radius 1 is 1.07 bits per heavy atom. The number of carbonyl (C=O) groups is 3. The van der Waals surface area contributed by atoms with E-state index < -0.39 is 0 Å². The fourth-order valence-corrected chi connectivity index (χ4v) is 3.79. The largest absolute Gasteiger partial charge is 0.345 e. The Morgan fingerprint density at radius 2 is 1.81 bits per heavy atom. The zero-order valence-corrected chi connectivity index (χ0v) is 15.1. The van der Waals surface area contributed by atoms with Crippen LogP contribution in [0.4, 0.5) is 5.69 Å². The molecule has 3 amide bonds. The molecule has 0 saturated carbocycles. The van der Waals surface area contributed by atoms with Crippen molar-refractivity contribution in [1.82, 2.24) is 10.2 Å². The number of piperazine rings is 1. The van der Waals surface area contributed by atoms with Gasteiger partial charge in [0.25, 0.3) is 5.91 Å². The van der Waals surface area contributed by atoms with E-state index in [0.717, 1.165) is 16.8 Å². The number of aryl methyl sites for hydroxylation is 1. The van der Waals surface area contributed by atoms with Gasteiger partial charge in [-0.2, -0.15) is 0 Å². The van der Waals surface area contributed by atoms with Crippen LogP contribution in [0.5, 0.6) is 0 Å². The molecule has 6 nitrogen and oxygen atoms in total. The first-order chi connectivity index (χ1) is 13.0. The molecule has 2 heterocycles. The van der Waals surface area contributed by atoms with Crippen LogP contribution in [-0.2, 0) is 9.59 Å². The molecule has 2 aliphatic rings. The Morgan fingerprint density at radius 3 is 2.59 bits per heavy atom. The molecular weight excluding hydrogens is 342 g/mol. The van der Waals surface area contributed by atoms with Gasteiger partial charge < -0.3 is 15.1 Å². The number of nitrogens with zero attached hydrogens (tertiary/aromatic N) is 2. The van der Waals surface area contributed by atoms with Gasteiger partial charge in [0, 0.05) is 24.3 Å². The molecule has 1 fully saturated rings. The quantitative estimate of drug-likeness (QED) is 0.907. The standard InChI is InChI=1S/C21H21N3O3/c1-14-6-2-5-9-18(14)24-11-10-23(13-20(24)26)19(25)12-17-15-7-3-4-8-16(15)21(27)22-17/h2-9,17H,10-13H2,1H3,(H,22,27)/t17-/m0/s1. The molecule has 6 heteroatoms. The van der Waals surface area contributed by atoms with E-state index in [1.54, 1.807) is 15.9 Å². The summed E-state index contributed by atoms with van der Waals surface area (Å²) in [7, 11) is 0. The number of para-hydroxylation sites is 1. The van der Waals surface area contributed by atoms with Crippen molar-refractivity contribution >= 4 is 23.4 Å². The molecule has 1 N–H and O–H groups in total. The summed E-state index contributed by atoms with van der Waals surface area (Å²) in [6.07, 6.45) is 0.167. The fraction of sp³-hybridized carbons (Fsp3) is 0.286. The number of benzene rings is 2. The summed E-state index contributed by atoms with van der Waals surface area (Å²) in [6.45, 7) is 3.00. The average Bonchev–Trinajstić information content (AvgIpc) is 2.98. The maximum absolute atomic E-state index is 12.7.